The third-order valence-corrected chi connectivity index (χ3v) is 10.3. The van der Waals surface area contributed by atoms with Crippen molar-refractivity contribution in [3.63, 3.8) is 0 Å². The molecule has 10 nitrogen and oxygen atoms in total. The predicted molar refractivity (Wildman–Crippen MR) is 145 cm³/mol. The van der Waals surface area contributed by atoms with Crippen molar-refractivity contribution < 1.29 is 33.8 Å². The Balaban J connectivity index is 1.92. The molecule has 0 aromatic heterocycles. The van der Waals surface area contributed by atoms with Gasteiger partial charge in [0.1, 0.15) is 0 Å². The van der Waals surface area contributed by atoms with E-state index in [4.69, 9.17) is 13.6 Å². The lowest BCUT2D eigenvalue weighted by atomic mass is 9.80. The molecule has 0 saturated carbocycles. The van der Waals surface area contributed by atoms with Crippen LogP contribution in [-0.4, -0.2) is 82.4 Å². The van der Waals surface area contributed by atoms with Gasteiger partial charge in [0, 0.05) is 33.2 Å². The van der Waals surface area contributed by atoms with Crippen LogP contribution in [0.2, 0.25) is 0 Å². The first-order valence-electron chi connectivity index (χ1n) is 13.9. The van der Waals surface area contributed by atoms with Gasteiger partial charge < -0.3 is 15.6 Å². The fourth-order valence-electron chi connectivity index (χ4n) is 7.38. The number of hydroxylamine groups is 6. The number of phosphoric ester groups is 1. The Morgan fingerprint density at radius 3 is 0.789 bits per heavy atom. The first-order valence-corrected chi connectivity index (χ1v) is 15.4. The quantitative estimate of drug-likeness (QED) is 0.315. The molecule has 3 aliphatic rings. The van der Waals surface area contributed by atoms with Crippen LogP contribution in [0.4, 0.5) is 0 Å². The Morgan fingerprint density at radius 1 is 0.474 bits per heavy atom. The predicted octanol–water partition coefficient (Wildman–Crippen LogP) is 6.38. The molecule has 3 saturated heterocycles. The molecule has 0 aromatic carbocycles. The van der Waals surface area contributed by atoms with Crippen LogP contribution in [-0.2, 0) is 18.1 Å². The molecule has 0 spiro atoms. The van der Waals surface area contributed by atoms with Crippen molar-refractivity contribution in [1.29, 1.82) is 0 Å². The molecule has 0 atom stereocenters. The second-order valence-corrected chi connectivity index (χ2v) is 17.2. The van der Waals surface area contributed by atoms with Gasteiger partial charge in [-0.15, -0.1) is 0 Å². The molecule has 0 bridgehead atoms. The van der Waals surface area contributed by atoms with Gasteiger partial charge in [0.05, 0.1) is 18.3 Å². The Hall–Kier alpha value is -0.130. The maximum atomic E-state index is 14.6. The zero-order valence-electron chi connectivity index (χ0n) is 25.7. The molecule has 0 radical (unpaired) electrons. The zero-order valence-corrected chi connectivity index (χ0v) is 26.6. The van der Waals surface area contributed by atoms with E-state index < -0.39 is 59.4 Å². The summed E-state index contributed by atoms with van der Waals surface area (Å²) >= 11 is 0. The first kappa shape index (κ1) is 32.4. The average molecular weight is 564 g/mol. The molecule has 0 aromatic rings. The van der Waals surface area contributed by atoms with Crippen molar-refractivity contribution >= 4 is 7.82 Å². The molecule has 11 heteroatoms. The molecule has 3 aliphatic heterocycles. The van der Waals surface area contributed by atoms with Crippen LogP contribution in [0.15, 0.2) is 0 Å². The Labute approximate surface area is 230 Å². The van der Waals surface area contributed by atoms with Crippen LogP contribution in [0, 0.1) is 0 Å². The third-order valence-electron chi connectivity index (χ3n) is 8.64. The van der Waals surface area contributed by atoms with E-state index in [0.717, 1.165) is 0 Å². The number of nitrogens with zero attached hydrogens (tertiary/aromatic N) is 3. The van der Waals surface area contributed by atoms with Crippen LogP contribution >= 0.6 is 7.82 Å². The maximum absolute atomic E-state index is 14.6. The van der Waals surface area contributed by atoms with Gasteiger partial charge in [-0.3, -0.25) is 13.6 Å². The summed E-state index contributed by atoms with van der Waals surface area (Å²) in [6, 6.07) is 0. The minimum Gasteiger partial charge on any atom is -0.313 e. The summed E-state index contributed by atoms with van der Waals surface area (Å²) in [7, 11) is -4.12. The summed E-state index contributed by atoms with van der Waals surface area (Å²) in [4.78, 5) is 0. The molecule has 3 fully saturated rings. The van der Waals surface area contributed by atoms with Gasteiger partial charge in [0.2, 0.25) is 0 Å². The van der Waals surface area contributed by atoms with E-state index in [-0.39, 0.29) is 0 Å². The zero-order chi connectivity index (χ0) is 29.3. The van der Waals surface area contributed by atoms with Crippen molar-refractivity contribution in [3.8, 4) is 0 Å². The monoisotopic (exact) mass is 563 g/mol. The van der Waals surface area contributed by atoms with Crippen LogP contribution in [0.3, 0.4) is 0 Å². The lowest BCUT2D eigenvalue weighted by Gasteiger charge is -2.53. The van der Waals surface area contributed by atoms with E-state index in [1.165, 1.54) is 15.2 Å². The molecular weight excluding hydrogens is 509 g/mol. The van der Waals surface area contributed by atoms with E-state index >= 15 is 0 Å². The summed E-state index contributed by atoms with van der Waals surface area (Å²) in [6.07, 6.45) is 1.28. The number of piperidine rings is 3. The maximum Gasteiger partial charge on any atom is 0.475 e. The molecule has 3 N–H and O–H groups in total. The SMILES string of the molecule is CC1(C)CC(OP(=O)(OC2CC(C)(C)N(O)C(C)(C)C2)OC2CC(C)(C)N(O)C(C)(C)C2)CC(C)(C)N1O. The van der Waals surface area contributed by atoms with Crippen LogP contribution in [0.25, 0.3) is 0 Å². The highest BCUT2D eigenvalue weighted by Gasteiger charge is 2.53. The van der Waals surface area contributed by atoms with Crippen molar-refractivity contribution in [2.24, 2.45) is 0 Å². The van der Waals surface area contributed by atoms with Crippen LogP contribution in [0.5, 0.6) is 0 Å². The molecule has 0 aliphatic carbocycles. The molecule has 38 heavy (non-hydrogen) atoms. The van der Waals surface area contributed by atoms with E-state index in [2.05, 4.69) is 0 Å². The van der Waals surface area contributed by atoms with Gasteiger partial charge in [-0.1, -0.05) is 0 Å². The first-order chi connectivity index (χ1) is 16.8. The van der Waals surface area contributed by atoms with E-state index in [9.17, 15) is 20.2 Å². The highest BCUT2D eigenvalue weighted by atomic mass is 31.2. The summed E-state index contributed by atoms with van der Waals surface area (Å²) in [5, 5.41) is 36.4. The Morgan fingerprint density at radius 2 is 0.632 bits per heavy atom. The van der Waals surface area contributed by atoms with Gasteiger partial charge in [0.15, 0.2) is 0 Å². The highest BCUT2D eigenvalue weighted by Crippen LogP contribution is 2.59. The minimum absolute atomic E-state index is 0.446. The second kappa shape index (κ2) is 10.0. The van der Waals surface area contributed by atoms with Gasteiger partial charge in [0.25, 0.3) is 0 Å². The lowest BCUT2D eigenvalue weighted by Crippen LogP contribution is -2.61. The molecular formula is C27H54N3O7P. The van der Waals surface area contributed by atoms with Crippen LogP contribution < -0.4 is 0 Å². The average Bonchev–Trinajstić information content (AvgIpc) is 2.66. The summed E-state index contributed by atoms with van der Waals surface area (Å²) in [5.41, 5.74) is -3.61. The summed E-state index contributed by atoms with van der Waals surface area (Å²) in [5.74, 6) is 0. The lowest BCUT2D eigenvalue weighted by molar-refractivity contribution is -0.264. The van der Waals surface area contributed by atoms with E-state index in [1.54, 1.807) is 0 Å². The fraction of sp³-hybridized carbons (Fsp3) is 1.00. The Bertz CT molecular complexity index is 752. The number of phosphoric acid groups is 1. The normalized spacial score (nSPS) is 30.9. The summed E-state index contributed by atoms with van der Waals surface area (Å²) in [6.45, 7) is 23.2. The fourth-order valence-corrected chi connectivity index (χ4v) is 9.07. The smallest absolute Gasteiger partial charge is 0.313 e. The number of hydrogen-bond donors (Lipinski definition) is 3. The van der Waals surface area contributed by atoms with Gasteiger partial charge in [-0.05, 0) is 122 Å². The standard InChI is InChI=1S/C27H54N3O7P/c1-22(2)13-19(14-23(3,4)28(22)31)35-38(34,36-20-15-24(5,6)29(32)25(7,8)16-20)37-21-17-26(9,10)30(33)27(11,12)18-21/h19-21,31-33H,13-18H2,1-12H3. The van der Waals surface area contributed by atoms with Gasteiger partial charge in [-0.2, -0.15) is 15.2 Å². The molecule has 0 amide bonds. The largest absolute Gasteiger partial charge is 0.475 e. The van der Waals surface area contributed by atoms with E-state index in [1.807, 2.05) is 83.1 Å². The highest BCUT2D eigenvalue weighted by molar-refractivity contribution is 7.48. The van der Waals surface area contributed by atoms with Crippen molar-refractivity contribution in [2.45, 2.75) is 173 Å². The minimum atomic E-state index is -4.12. The topological polar surface area (TPSA) is 115 Å². The third kappa shape index (κ3) is 6.67. The van der Waals surface area contributed by atoms with Gasteiger partial charge >= 0.3 is 7.82 Å². The Kier molecular flexibility index (Phi) is 8.52. The molecule has 224 valence electrons. The number of hydrogen-bond acceptors (Lipinski definition) is 10. The molecule has 0 unspecified atom stereocenters. The van der Waals surface area contributed by atoms with E-state index in [0.29, 0.717) is 38.5 Å². The number of rotatable bonds is 6. The summed E-state index contributed by atoms with van der Waals surface area (Å²) < 4.78 is 33.7. The van der Waals surface area contributed by atoms with Crippen LogP contribution in [0.1, 0.15) is 122 Å². The molecule has 3 rings (SSSR count). The second-order valence-electron chi connectivity index (χ2n) is 15.7. The van der Waals surface area contributed by atoms with Crippen molar-refractivity contribution in [2.75, 3.05) is 0 Å². The van der Waals surface area contributed by atoms with Gasteiger partial charge in [-0.25, -0.2) is 4.57 Å². The van der Waals surface area contributed by atoms with Crippen molar-refractivity contribution in [1.82, 2.24) is 15.2 Å². The molecule has 3 heterocycles. The van der Waals surface area contributed by atoms with Crippen molar-refractivity contribution in [3.05, 3.63) is 0 Å².